The molecule has 0 radical (unpaired) electrons. The normalized spacial score (nSPS) is 14.7. The summed E-state index contributed by atoms with van der Waals surface area (Å²) in [6.45, 7) is 3.78. The summed E-state index contributed by atoms with van der Waals surface area (Å²) in [4.78, 5) is 41.5. The molecule has 0 aliphatic heterocycles. The molecule has 0 aliphatic rings. The summed E-state index contributed by atoms with van der Waals surface area (Å²) >= 11 is 0. The second kappa shape index (κ2) is 11.8. The van der Waals surface area contributed by atoms with E-state index in [9.17, 15) is 14.4 Å². The molecule has 6 N–H and O–H groups in total. The van der Waals surface area contributed by atoms with Crippen LogP contribution in [0.2, 0.25) is 0 Å². The number of primary amides is 1. The number of carbonyl (C=O) groups is 3. The molecule has 0 aliphatic carbocycles. The molecule has 2 rings (SSSR count). The maximum Gasteiger partial charge on any atom is 0.243 e. The fourth-order valence-corrected chi connectivity index (χ4v) is 3.16. The van der Waals surface area contributed by atoms with Gasteiger partial charge in [0, 0.05) is 18.8 Å². The zero-order valence-corrected chi connectivity index (χ0v) is 18.0. The van der Waals surface area contributed by atoms with E-state index in [2.05, 4.69) is 15.6 Å². The third kappa shape index (κ3) is 7.49. The van der Waals surface area contributed by atoms with Crippen LogP contribution in [0, 0.1) is 5.92 Å². The lowest BCUT2D eigenvalue weighted by Crippen LogP contribution is -2.57. The first kappa shape index (κ1) is 24.0. The van der Waals surface area contributed by atoms with Crippen LogP contribution in [0.25, 0.3) is 0 Å². The number of rotatable bonds is 11. The molecule has 4 atom stereocenters. The quantitative estimate of drug-likeness (QED) is 0.419. The number of hydrogen-bond acceptors (Lipinski definition) is 5. The molecular formula is C23H31N5O3. The van der Waals surface area contributed by atoms with Gasteiger partial charge in [-0.25, -0.2) is 0 Å². The average Bonchev–Trinajstić information content (AvgIpc) is 2.77. The Labute approximate surface area is 182 Å². The van der Waals surface area contributed by atoms with Gasteiger partial charge in [-0.2, -0.15) is 0 Å². The maximum atomic E-state index is 13.0. The van der Waals surface area contributed by atoms with Crippen molar-refractivity contribution in [3.63, 3.8) is 0 Å². The van der Waals surface area contributed by atoms with Gasteiger partial charge in [-0.1, -0.05) is 50.6 Å². The minimum absolute atomic E-state index is 0.165. The van der Waals surface area contributed by atoms with Gasteiger partial charge in [-0.15, -0.1) is 0 Å². The van der Waals surface area contributed by atoms with Crippen LogP contribution in [0.5, 0.6) is 0 Å². The van der Waals surface area contributed by atoms with Gasteiger partial charge in [0.25, 0.3) is 0 Å². The minimum Gasteiger partial charge on any atom is -0.368 e. The standard InChI is InChI=1S/C23H31N5O3/c1-3-15(2)20(28-22(30)18(24)13-17-9-11-26-12-10-17)23(31)27-19(21(25)29)14-16-7-5-4-6-8-16/h4-12,15,18-20H,3,13-14,24H2,1-2H3,(H2,25,29)(H,27,31)(H,28,30)/t15-,18-,19-,20-/m0/s1. The summed E-state index contributed by atoms with van der Waals surface area (Å²) in [5.74, 6) is -1.70. The first-order chi connectivity index (χ1) is 14.8. The molecule has 0 unspecified atom stereocenters. The summed E-state index contributed by atoms with van der Waals surface area (Å²) in [6.07, 6.45) is 4.50. The molecule has 8 nitrogen and oxygen atoms in total. The molecular weight excluding hydrogens is 394 g/mol. The first-order valence-electron chi connectivity index (χ1n) is 10.4. The molecule has 3 amide bonds. The lowest BCUT2D eigenvalue weighted by atomic mass is 9.96. The molecule has 0 spiro atoms. The van der Waals surface area contributed by atoms with Gasteiger partial charge < -0.3 is 22.1 Å². The van der Waals surface area contributed by atoms with Crippen LogP contribution in [0.15, 0.2) is 54.9 Å². The SMILES string of the molecule is CC[C@H](C)[C@H](NC(=O)[C@@H](N)Cc1ccncc1)C(=O)N[C@@H](Cc1ccccc1)C(N)=O. The highest BCUT2D eigenvalue weighted by atomic mass is 16.2. The zero-order chi connectivity index (χ0) is 22.8. The van der Waals surface area contributed by atoms with Crippen molar-refractivity contribution in [1.29, 1.82) is 0 Å². The Hall–Kier alpha value is -3.26. The molecule has 0 saturated heterocycles. The van der Waals surface area contributed by atoms with Crippen molar-refractivity contribution in [3.8, 4) is 0 Å². The van der Waals surface area contributed by atoms with E-state index in [0.717, 1.165) is 11.1 Å². The van der Waals surface area contributed by atoms with Crippen molar-refractivity contribution in [2.24, 2.45) is 17.4 Å². The summed E-state index contributed by atoms with van der Waals surface area (Å²) < 4.78 is 0. The smallest absolute Gasteiger partial charge is 0.243 e. The number of benzene rings is 1. The molecule has 1 aromatic carbocycles. The molecule has 1 heterocycles. The van der Waals surface area contributed by atoms with Crippen LogP contribution in [-0.4, -0.2) is 40.8 Å². The van der Waals surface area contributed by atoms with Crippen LogP contribution in [0.3, 0.4) is 0 Å². The third-order valence-corrected chi connectivity index (χ3v) is 5.28. The summed E-state index contributed by atoms with van der Waals surface area (Å²) in [7, 11) is 0. The molecule has 31 heavy (non-hydrogen) atoms. The van der Waals surface area contributed by atoms with Gasteiger partial charge in [0.1, 0.15) is 12.1 Å². The van der Waals surface area contributed by atoms with E-state index in [-0.39, 0.29) is 12.3 Å². The van der Waals surface area contributed by atoms with E-state index in [0.29, 0.717) is 12.8 Å². The van der Waals surface area contributed by atoms with Gasteiger partial charge in [0.2, 0.25) is 17.7 Å². The highest BCUT2D eigenvalue weighted by molar-refractivity contribution is 5.93. The average molecular weight is 426 g/mol. The van der Waals surface area contributed by atoms with Crippen LogP contribution in [0.4, 0.5) is 0 Å². The van der Waals surface area contributed by atoms with E-state index in [4.69, 9.17) is 11.5 Å². The van der Waals surface area contributed by atoms with Gasteiger partial charge in [0.15, 0.2) is 0 Å². The number of amides is 3. The monoisotopic (exact) mass is 425 g/mol. The van der Waals surface area contributed by atoms with Crippen molar-refractivity contribution in [2.75, 3.05) is 0 Å². The van der Waals surface area contributed by atoms with Gasteiger partial charge in [-0.3, -0.25) is 19.4 Å². The number of pyridine rings is 1. The number of nitrogens with one attached hydrogen (secondary N) is 2. The predicted octanol–water partition coefficient (Wildman–Crippen LogP) is 0.695. The van der Waals surface area contributed by atoms with Crippen molar-refractivity contribution in [3.05, 3.63) is 66.0 Å². The summed E-state index contributed by atoms with van der Waals surface area (Å²) in [6, 6.07) is 10.3. The third-order valence-electron chi connectivity index (χ3n) is 5.28. The Morgan fingerprint density at radius 3 is 2.13 bits per heavy atom. The van der Waals surface area contributed by atoms with Crippen molar-refractivity contribution in [1.82, 2.24) is 15.6 Å². The Morgan fingerprint density at radius 2 is 1.55 bits per heavy atom. The Balaban J connectivity index is 2.06. The predicted molar refractivity (Wildman–Crippen MR) is 119 cm³/mol. The van der Waals surface area contributed by atoms with Gasteiger partial charge >= 0.3 is 0 Å². The van der Waals surface area contributed by atoms with E-state index in [1.165, 1.54) is 0 Å². The van der Waals surface area contributed by atoms with Gasteiger partial charge in [-0.05, 0) is 35.6 Å². The lowest BCUT2D eigenvalue weighted by molar-refractivity contribution is -0.132. The highest BCUT2D eigenvalue weighted by Gasteiger charge is 2.30. The largest absolute Gasteiger partial charge is 0.368 e. The first-order valence-corrected chi connectivity index (χ1v) is 10.4. The van der Waals surface area contributed by atoms with Crippen LogP contribution in [-0.2, 0) is 27.2 Å². The van der Waals surface area contributed by atoms with E-state index >= 15 is 0 Å². The van der Waals surface area contributed by atoms with E-state index in [1.54, 1.807) is 24.5 Å². The Kier molecular flexibility index (Phi) is 9.14. The number of aromatic nitrogens is 1. The second-order valence-electron chi connectivity index (χ2n) is 7.69. The summed E-state index contributed by atoms with van der Waals surface area (Å²) in [5, 5.41) is 5.45. The number of carbonyl (C=O) groups excluding carboxylic acids is 3. The van der Waals surface area contributed by atoms with E-state index < -0.39 is 35.8 Å². The van der Waals surface area contributed by atoms with Crippen molar-refractivity contribution in [2.45, 2.75) is 51.2 Å². The van der Waals surface area contributed by atoms with Crippen molar-refractivity contribution < 1.29 is 14.4 Å². The fraction of sp³-hybridized carbons (Fsp3) is 0.391. The fourth-order valence-electron chi connectivity index (χ4n) is 3.16. The number of nitrogens with zero attached hydrogens (tertiary/aromatic N) is 1. The molecule has 8 heteroatoms. The van der Waals surface area contributed by atoms with Crippen LogP contribution >= 0.6 is 0 Å². The second-order valence-corrected chi connectivity index (χ2v) is 7.69. The lowest BCUT2D eigenvalue weighted by Gasteiger charge is -2.27. The molecule has 0 saturated carbocycles. The molecule has 0 fully saturated rings. The van der Waals surface area contributed by atoms with Crippen LogP contribution in [0.1, 0.15) is 31.4 Å². The Bertz CT molecular complexity index is 860. The number of nitrogens with two attached hydrogens (primary N) is 2. The molecule has 2 aromatic rings. The van der Waals surface area contributed by atoms with Crippen LogP contribution < -0.4 is 22.1 Å². The summed E-state index contributed by atoms with van der Waals surface area (Å²) in [5.41, 5.74) is 13.3. The van der Waals surface area contributed by atoms with Gasteiger partial charge in [0.05, 0.1) is 6.04 Å². The number of hydrogen-bond donors (Lipinski definition) is 4. The Morgan fingerprint density at radius 1 is 0.935 bits per heavy atom. The molecule has 1 aromatic heterocycles. The topological polar surface area (TPSA) is 140 Å². The van der Waals surface area contributed by atoms with E-state index in [1.807, 2.05) is 44.2 Å². The molecule has 0 bridgehead atoms. The molecule has 166 valence electrons. The maximum absolute atomic E-state index is 13.0. The zero-order valence-electron chi connectivity index (χ0n) is 18.0. The van der Waals surface area contributed by atoms with Crippen molar-refractivity contribution >= 4 is 17.7 Å². The minimum atomic E-state index is -0.885. The highest BCUT2D eigenvalue weighted by Crippen LogP contribution is 2.11.